The van der Waals surface area contributed by atoms with Crippen LogP contribution < -0.4 is 5.32 Å². The molecule has 2 aromatic carbocycles. The molecule has 0 fully saturated rings. The Labute approximate surface area is 127 Å². The molecule has 0 amide bonds. The van der Waals surface area contributed by atoms with Gasteiger partial charge in [-0.3, -0.25) is 0 Å². The van der Waals surface area contributed by atoms with Gasteiger partial charge in [0, 0.05) is 5.39 Å². The second-order valence-electron chi connectivity index (χ2n) is 4.58. The van der Waals surface area contributed by atoms with Gasteiger partial charge in [0.05, 0.1) is 16.1 Å². The van der Waals surface area contributed by atoms with Crippen molar-refractivity contribution in [3.8, 4) is 0 Å². The Bertz CT molecular complexity index is 718. The van der Waals surface area contributed by atoms with Crippen LogP contribution in [-0.2, 0) is 0 Å². The molecule has 0 spiro atoms. The third kappa shape index (κ3) is 2.42. The summed E-state index contributed by atoms with van der Waals surface area (Å²) in [6.07, 6.45) is 0. The van der Waals surface area contributed by atoms with Crippen molar-refractivity contribution in [2.75, 3.05) is 7.05 Å². The van der Waals surface area contributed by atoms with E-state index in [9.17, 15) is 0 Å². The molecule has 0 aliphatic heterocycles. The van der Waals surface area contributed by atoms with Crippen molar-refractivity contribution in [3.05, 3.63) is 69.9 Å². The highest BCUT2D eigenvalue weighted by atomic mass is 35.5. The summed E-state index contributed by atoms with van der Waals surface area (Å²) >= 11 is 12.1. The number of benzene rings is 2. The minimum atomic E-state index is -0.0582. The first-order valence-corrected chi connectivity index (χ1v) is 7.05. The summed E-state index contributed by atoms with van der Waals surface area (Å²) in [5, 5.41) is 5.43. The molecule has 0 saturated heterocycles. The predicted molar refractivity (Wildman–Crippen MR) is 83.6 cm³/mol. The molecule has 3 rings (SSSR count). The highest BCUT2D eigenvalue weighted by molar-refractivity contribution is 6.42. The molecule has 0 saturated carbocycles. The zero-order chi connectivity index (χ0) is 14.1. The predicted octanol–water partition coefficient (Wildman–Crippen LogP) is 5.05. The van der Waals surface area contributed by atoms with Crippen molar-refractivity contribution in [3.63, 3.8) is 0 Å². The molecule has 1 heterocycles. The van der Waals surface area contributed by atoms with E-state index in [1.807, 2.05) is 49.5 Å². The van der Waals surface area contributed by atoms with Crippen LogP contribution in [0.2, 0.25) is 10.0 Å². The maximum Gasteiger partial charge on any atom is 0.134 e. The third-order valence-corrected chi connectivity index (χ3v) is 4.03. The van der Waals surface area contributed by atoms with Crippen LogP contribution in [0.3, 0.4) is 0 Å². The van der Waals surface area contributed by atoms with Crippen molar-refractivity contribution >= 4 is 34.2 Å². The van der Waals surface area contributed by atoms with Gasteiger partial charge in [0.1, 0.15) is 11.3 Å². The van der Waals surface area contributed by atoms with Gasteiger partial charge in [-0.25, -0.2) is 0 Å². The summed E-state index contributed by atoms with van der Waals surface area (Å²) < 4.78 is 5.91. The zero-order valence-electron chi connectivity index (χ0n) is 10.9. The van der Waals surface area contributed by atoms with Crippen LogP contribution in [-0.4, -0.2) is 7.05 Å². The number of fused-ring (bicyclic) bond motifs is 1. The lowest BCUT2D eigenvalue weighted by Crippen LogP contribution is -2.16. The van der Waals surface area contributed by atoms with Crippen LogP contribution in [0.15, 0.2) is 52.9 Å². The fraction of sp³-hybridized carbons (Fsp3) is 0.125. The van der Waals surface area contributed by atoms with Gasteiger partial charge in [-0.1, -0.05) is 47.5 Å². The van der Waals surface area contributed by atoms with Crippen LogP contribution in [0.5, 0.6) is 0 Å². The van der Waals surface area contributed by atoms with E-state index in [0.717, 1.165) is 22.3 Å². The lowest BCUT2D eigenvalue weighted by molar-refractivity contribution is 0.491. The Morgan fingerprint density at radius 2 is 1.80 bits per heavy atom. The summed E-state index contributed by atoms with van der Waals surface area (Å²) in [5.41, 5.74) is 1.89. The number of hydrogen-bond donors (Lipinski definition) is 1. The smallest absolute Gasteiger partial charge is 0.134 e. The van der Waals surface area contributed by atoms with E-state index in [0.29, 0.717) is 10.0 Å². The number of hydrogen-bond acceptors (Lipinski definition) is 2. The highest BCUT2D eigenvalue weighted by Gasteiger charge is 2.17. The molecule has 3 aromatic rings. The number of furan rings is 1. The molecule has 0 radical (unpaired) electrons. The zero-order valence-corrected chi connectivity index (χ0v) is 12.4. The van der Waals surface area contributed by atoms with Gasteiger partial charge in [0.15, 0.2) is 0 Å². The molecular formula is C16H13Cl2NO. The second kappa shape index (κ2) is 5.49. The fourth-order valence-corrected chi connectivity index (χ4v) is 2.62. The first-order chi connectivity index (χ1) is 9.69. The lowest BCUT2D eigenvalue weighted by atomic mass is 10.0. The molecule has 20 heavy (non-hydrogen) atoms. The molecule has 2 nitrogen and oxygen atoms in total. The van der Waals surface area contributed by atoms with E-state index in [-0.39, 0.29) is 6.04 Å². The van der Waals surface area contributed by atoms with Gasteiger partial charge in [-0.05, 0) is 36.9 Å². The molecule has 0 aliphatic rings. The quantitative estimate of drug-likeness (QED) is 0.732. The maximum atomic E-state index is 6.09. The number of halogens is 2. The molecule has 4 heteroatoms. The van der Waals surface area contributed by atoms with Crippen molar-refractivity contribution < 1.29 is 4.42 Å². The SMILES string of the molecule is CNC(c1ccc(Cl)c(Cl)c1)c1cc2ccccc2o1. The summed E-state index contributed by atoms with van der Waals surface area (Å²) in [5.74, 6) is 0.854. The number of rotatable bonds is 3. The summed E-state index contributed by atoms with van der Waals surface area (Å²) in [7, 11) is 1.89. The molecule has 0 bridgehead atoms. The Kier molecular flexibility index (Phi) is 3.70. The average Bonchev–Trinajstić information content (AvgIpc) is 2.87. The Morgan fingerprint density at radius 3 is 2.50 bits per heavy atom. The Hall–Kier alpha value is -1.48. The van der Waals surface area contributed by atoms with Crippen molar-refractivity contribution in [1.82, 2.24) is 5.32 Å². The van der Waals surface area contributed by atoms with Gasteiger partial charge in [-0.15, -0.1) is 0 Å². The van der Waals surface area contributed by atoms with Crippen LogP contribution in [0.25, 0.3) is 11.0 Å². The van der Waals surface area contributed by atoms with Gasteiger partial charge >= 0.3 is 0 Å². The van der Waals surface area contributed by atoms with Gasteiger partial charge in [0.25, 0.3) is 0 Å². The molecule has 1 atom stereocenters. The van der Waals surface area contributed by atoms with Crippen molar-refractivity contribution in [2.45, 2.75) is 6.04 Å². The minimum Gasteiger partial charge on any atom is -0.459 e. The van der Waals surface area contributed by atoms with Crippen LogP contribution in [0.4, 0.5) is 0 Å². The average molecular weight is 306 g/mol. The molecule has 102 valence electrons. The summed E-state index contributed by atoms with van der Waals surface area (Å²) in [6, 6.07) is 15.5. The van der Waals surface area contributed by atoms with E-state index in [1.54, 1.807) is 6.07 Å². The summed E-state index contributed by atoms with van der Waals surface area (Å²) in [4.78, 5) is 0. The number of para-hydroxylation sites is 1. The maximum absolute atomic E-state index is 6.09. The monoisotopic (exact) mass is 305 g/mol. The first-order valence-electron chi connectivity index (χ1n) is 6.29. The molecule has 1 aromatic heterocycles. The molecular weight excluding hydrogens is 293 g/mol. The fourth-order valence-electron chi connectivity index (χ4n) is 2.31. The van der Waals surface area contributed by atoms with Crippen LogP contribution in [0.1, 0.15) is 17.4 Å². The standard InChI is InChI=1S/C16H13Cl2NO/c1-19-16(11-6-7-12(17)13(18)8-11)15-9-10-4-2-3-5-14(10)20-15/h2-9,16,19H,1H3. The van der Waals surface area contributed by atoms with Crippen LogP contribution in [0, 0.1) is 0 Å². The van der Waals surface area contributed by atoms with E-state index in [4.69, 9.17) is 27.6 Å². The van der Waals surface area contributed by atoms with Gasteiger partial charge in [0.2, 0.25) is 0 Å². The van der Waals surface area contributed by atoms with E-state index in [2.05, 4.69) is 5.32 Å². The Morgan fingerprint density at radius 1 is 1.00 bits per heavy atom. The highest BCUT2D eigenvalue weighted by Crippen LogP contribution is 2.31. The number of nitrogens with one attached hydrogen (secondary N) is 1. The largest absolute Gasteiger partial charge is 0.459 e. The molecule has 1 unspecified atom stereocenters. The summed E-state index contributed by atoms with van der Waals surface area (Å²) in [6.45, 7) is 0. The van der Waals surface area contributed by atoms with Crippen molar-refractivity contribution in [2.24, 2.45) is 0 Å². The van der Waals surface area contributed by atoms with E-state index >= 15 is 0 Å². The second-order valence-corrected chi connectivity index (χ2v) is 5.40. The first kappa shape index (κ1) is 13.5. The topological polar surface area (TPSA) is 25.2 Å². The normalized spacial score (nSPS) is 12.8. The van der Waals surface area contributed by atoms with Crippen LogP contribution >= 0.6 is 23.2 Å². The minimum absolute atomic E-state index is 0.0582. The molecule has 0 aliphatic carbocycles. The third-order valence-electron chi connectivity index (χ3n) is 3.29. The molecule has 1 N–H and O–H groups in total. The van der Waals surface area contributed by atoms with Gasteiger partial charge < -0.3 is 9.73 Å². The van der Waals surface area contributed by atoms with Gasteiger partial charge in [-0.2, -0.15) is 0 Å². The lowest BCUT2D eigenvalue weighted by Gasteiger charge is -2.14. The van der Waals surface area contributed by atoms with Crippen molar-refractivity contribution in [1.29, 1.82) is 0 Å². The van der Waals surface area contributed by atoms with E-state index in [1.165, 1.54) is 0 Å². The Balaban J connectivity index is 2.06. The van der Waals surface area contributed by atoms with E-state index < -0.39 is 0 Å².